The van der Waals surface area contributed by atoms with E-state index < -0.39 is 0 Å². The summed E-state index contributed by atoms with van der Waals surface area (Å²) >= 11 is 0. The quantitative estimate of drug-likeness (QED) is 0.671. The molecule has 0 aromatic heterocycles. The maximum atomic E-state index is 5.62. The second-order valence-electron chi connectivity index (χ2n) is 4.86. The van der Waals surface area contributed by atoms with E-state index in [0.717, 1.165) is 6.54 Å². The molecule has 0 amide bonds. The van der Waals surface area contributed by atoms with Crippen LogP contribution in [0.5, 0.6) is 0 Å². The molecule has 0 atom stereocenters. The van der Waals surface area contributed by atoms with Gasteiger partial charge in [0.2, 0.25) is 0 Å². The maximum Gasteiger partial charge on any atom is 0.0366 e. The minimum absolute atomic E-state index is 0.628. The van der Waals surface area contributed by atoms with Gasteiger partial charge in [-0.2, -0.15) is 0 Å². The van der Waals surface area contributed by atoms with E-state index in [1.165, 1.54) is 49.9 Å². The third kappa shape index (κ3) is 5.09. The van der Waals surface area contributed by atoms with Gasteiger partial charge in [-0.05, 0) is 31.0 Å². The van der Waals surface area contributed by atoms with E-state index in [4.69, 9.17) is 5.73 Å². The van der Waals surface area contributed by atoms with E-state index in [9.17, 15) is 0 Å². The van der Waals surface area contributed by atoms with Crippen LogP contribution >= 0.6 is 0 Å². The number of hydrogen-bond acceptors (Lipinski definition) is 2. The molecule has 102 valence electrons. The highest BCUT2D eigenvalue weighted by Gasteiger charge is 2.03. The van der Waals surface area contributed by atoms with Crippen molar-refractivity contribution in [3.8, 4) is 0 Å². The number of anilines is 1. The molecular weight excluding hydrogens is 220 g/mol. The molecule has 0 saturated carbocycles. The Labute approximate surface area is 112 Å². The molecule has 0 heterocycles. The molecule has 0 spiro atoms. The summed E-state index contributed by atoms with van der Waals surface area (Å²) in [4.78, 5) is 2.45. The van der Waals surface area contributed by atoms with Gasteiger partial charge >= 0.3 is 0 Å². The highest BCUT2D eigenvalue weighted by molar-refractivity contribution is 5.47. The lowest BCUT2D eigenvalue weighted by Gasteiger charge is -2.23. The summed E-state index contributed by atoms with van der Waals surface area (Å²) in [5.41, 5.74) is 8.15. The number of nitrogens with zero attached hydrogens (tertiary/aromatic N) is 1. The Morgan fingerprint density at radius 3 is 2.17 bits per heavy atom. The van der Waals surface area contributed by atoms with Crippen LogP contribution in [0.3, 0.4) is 0 Å². The number of unbranched alkanes of at least 4 members (excludes halogenated alkanes) is 4. The van der Waals surface area contributed by atoms with Crippen molar-refractivity contribution in [2.75, 3.05) is 18.0 Å². The molecule has 0 aliphatic heterocycles. The molecule has 0 fully saturated rings. The number of benzene rings is 1. The van der Waals surface area contributed by atoms with Gasteiger partial charge in [0.25, 0.3) is 0 Å². The fourth-order valence-corrected chi connectivity index (χ4v) is 2.22. The Balaban J connectivity index is 2.39. The van der Waals surface area contributed by atoms with Crippen molar-refractivity contribution in [3.05, 3.63) is 29.8 Å². The van der Waals surface area contributed by atoms with Gasteiger partial charge < -0.3 is 10.6 Å². The maximum absolute atomic E-state index is 5.62. The first-order valence-electron chi connectivity index (χ1n) is 7.35. The Kier molecular flexibility index (Phi) is 7.51. The van der Waals surface area contributed by atoms with Gasteiger partial charge in [0.1, 0.15) is 0 Å². The number of hydrogen-bond donors (Lipinski definition) is 1. The zero-order chi connectivity index (χ0) is 13.2. The van der Waals surface area contributed by atoms with E-state index in [-0.39, 0.29) is 0 Å². The molecule has 2 nitrogen and oxygen atoms in total. The van der Waals surface area contributed by atoms with Crippen LogP contribution < -0.4 is 10.6 Å². The van der Waals surface area contributed by atoms with E-state index in [1.807, 2.05) is 0 Å². The molecule has 0 aliphatic carbocycles. The summed E-state index contributed by atoms with van der Waals surface area (Å²) in [6.45, 7) is 7.36. The molecule has 2 N–H and O–H groups in total. The van der Waals surface area contributed by atoms with Gasteiger partial charge in [-0.25, -0.2) is 0 Å². The number of nitrogens with two attached hydrogens (primary N) is 1. The average molecular weight is 248 g/mol. The van der Waals surface area contributed by atoms with Crippen LogP contribution in [0.4, 0.5) is 5.69 Å². The molecule has 0 saturated heterocycles. The lowest BCUT2D eigenvalue weighted by molar-refractivity contribution is 0.621. The topological polar surface area (TPSA) is 29.3 Å². The summed E-state index contributed by atoms with van der Waals surface area (Å²) < 4.78 is 0. The third-order valence-electron chi connectivity index (χ3n) is 3.45. The molecule has 2 heteroatoms. The molecule has 1 aromatic rings. The van der Waals surface area contributed by atoms with Gasteiger partial charge in [-0.1, -0.05) is 44.7 Å². The first kappa shape index (κ1) is 15.0. The van der Waals surface area contributed by atoms with Gasteiger partial charge in [0.05, 0.1) is 0 Å². The smallest absolute Gasteiger partial charge is 0.0366 e. The van der Waals surface area contributed by atoms with Gasteiger partial charge in [0, 0.05) is 25.3 Å². The Hall–Kier alpha value is -1.02. The molecule has 1 aromatic carbocycles. The lowest BCUT2D eigenvalue weighted by Crippen LogP contribution is -2.23. The first-order chi connectivity index (χ1) is 8.81. The normalized spacial score (nSPS) is 10.6. The van der Waals surface area contributed by atoms with Crippen molar-refractivity contribution >= 4 is 5.69 Å². The zero-order valence-electron chi connectivity index (χ0n) is 12.0. The van der Waals surface area contributed by atoms with Crippen LogP contribution in [0.1, 0.15) is 51.5 Å². The largest absolute Gasteiger partial charge is 0.372 e. The molecule has 0 radical (unpaired) electrons. The van der Waals surface area contributed by atoms with Crippen LogP contribution in [-0.2, 0) is 6.54 Å². The Morgan fingerprint density at radius 1 is 0.944 bits per heavy atom. The fraction of sp³-hybridized carbons (Fsp3) is 0.625. The zero-order valence-corrected chi connectivity index (χ0v) is 12.0. The summed E-state index contributed by atoms with van der Waals surface area (Å²) in [5.74, 6) is 0. The molecular formula is C16H28N2. The van der Waals surface area contributed by atoms with Gasteiger partial charge in [-0.15, -0.1) is 0 Å². The molecule has 0 unspecified atom stereocenters. The van der Waals surface area contributed by atoms with Gasteiger partial charge in [-0.3, -0.25) is 0 Å². The van der Waals surface area contributed by atoms with Crippen LogP contribution in [-0.4, -0.2) is 13.1 Å². The minimum atomic E-state index is 0.628. The van der Waals surface area contributed by atoms with Crippen molar-refractivity contribution in [2.24, 2.45) is 5.73 Å². The molecule has 1 rings (SSSR count). The van der Waals surface area contributed by atoms with Crippen molar-refractivity contribution in [3.63, 3.8) is 0 Å². The predicted molar refractivity (Wildman–Crippen MR) is 81.0 cm³/mol. The first-order valence-corrected chi connectivity index (χ1v) is 7.35. The second-order valence-corrected chi connectivity index (χ2v) is 4.86. The monoisotopic (exact) mass is 248 g/mol. The third-order valence-corrected chi connectivity index (χ3v) is 3.45. The highest BCUT2D eigenvalue weighted by atomic mass is 15.1. The van der Waals surface area contributed by atoms with Crippen LogP contribution in [0.25, 0.3) is 0 Å². The van der Waals surface area contributed by atoms with E-state index in [0.29, 0.717) is 6.54 Å². The van der Waals surface area contributed by atoms with Crippen molar-refractivity contribution in [2.45, 2.75) is 52.5 Å². The summed E-state index contributed by atoms with van der Waals surface area (Å²) in [5, 5.41) is 0. The van der Waals surface area contributed by atoms with E-state index >= 15 is 0 Å². The van der Waals surface area contributed by atoms with E-state index in [1.54, 1.807) is 0 Å². The molecule has 0 bridgehead atoms. The van der Waals surface area contributed by atoms with Crippen LogP contribution in [0.2, 0.25) is 0 Å². The summed E-state index contributed by atoms with van der Waals surface area (Å²) in [7, 11) is 0. The fourth-order valence-electron chi connectivity index (χ4n) is 2.22. The lowest BCUT2D eigenvalue weighted by atomic mass is 10.1. The summed E-state index contributed by atoms with van der Waals surface area (Å²) in [6.07, 6.45) is 6.72. The Bertz CT molecular complexity index is 305. The second kappa shape index (κ2) is 8.98. The SMILES string of the molecule is CCCCCCCN(CC)c1ccc(CN)cc1. The van der Waals surface area contributed by atoms with Crippen molar-refractivity contribution in [1.82, 2.24) is 0 Å². The summed E-state index contributed by atoms with van der Waals surface area (Å²) in [6, 6.07) is 8.65. The van der Waals surface area contributed by atoms with E-state index in [2.05, 4.69) is 43.0 Å². The van der Waals surface area contributed by atoms with Crippen LogP contribution in [0, 0.1) is 0 Å². The predicted octanol–water partition coefficient (Wildman–Crippen LogP) is 3.94. The van der Waals surface area contributed by atoms with Crippen LogP contribution in [0.15, 0.2) is 24.3 Å². The Morgan fingerprint density at radius 2 is 1.61 bits per heavy atom. The molecule has 18 heavy (non-hydrogen) atoms. The number of rotatable bonds is 9. The standard InChI is InChI=1S/C16H28N2/c1-3-5-6-7-8-13-18(4-2)16-11-9-15(14-17)10-12-16/h9-12H,3-8,13-14,17H2,1-2H3. The van der Waals surface area contributed by atoms with Crippen molar-refractivity contribution < 1.29 is 0 Å². The van der Waals surface area contributed by atoms with Gasteiger partial charge in [0.15, 0.2) is 0 Å². The highest BCUT2D eigenvalue weighted by Crippen LogP contribution is 2.16. The minimum Gasteiger partial charge on any atom is -0.372 e. The average Bonchev–Trinajstić information content (AvgIpc) is 2.43. The van der Waals surface area contributed by atoms with Crippen molar-refractivity contribution in [1.29, 1.82) is 0 Å². The molecule has 0 aliphatic rings.